The number of aromatic hydroxyl groups is 1. The maximum atomic E-state index is 12.2. The summed E-state index contributed by atoms with van der Waals surface area (Å²) in [5.74, 6) is 1.09. The molecular weight excluding hydrogens is 348 g/mol. The number of aromatic nitrogens is 3. The number of anilines is 1. The normalized spacial score (nSPS) is 10.7. The number of hydrogen-bond donors (Lipinski definition) is 2. The zero-order valence-electron chi connectivity index (χ0n) is 14.6. The lowest BCUT2D eigenvalue weighted by molar-refractivity contribution is -0.113. The summed E-state index contributed by atoms with van der Waals surface area (Å²) in [6.07, 6.45) is 0. The summed E-state index contributed by atoms with van der Waals surface area (Å²) in [5.41, 5.74) is 2.75. The molecule has 1 aromatic heterocycles. The Morgan fingerprint density at radius 3 is 2.65 bits per heavy atom. The molecule has 0 atom stereocenters. The first-order valence-corrected chi connectivity index (χ1v) is 9.27. The molecule has 0 aliphatic carbocycles. The van der Waals surface area contributed by atoms with Gasteiger partial charge in [-0.2, -0.15) is 0 Å². The van der Waals surface area contributed by atoms with Gasteiger partial charge in [-0.15, -0.1) is 10.2 Å². The van der Waals surface area contributed by atoms with Crippen molar-refractivity contribution in [3.8, 4) is 17.1 Å². The molecule has 1 heterocycles. The van der Waals surface area contributed by atoms with Gasteiger partial charge >= 0.3 is 0 Å². The third-order valence-corrected chi connectivity index (χ3v) is 4.76. The minimum Gasteiger partial charge on any atom is -0.508 e. The lowest BCUT2D eigenvalue weighted by Gasteiger charge is -2.08. The molecule has 3 aromatic rings. The second-order valence-electron chi connectivity index (χ2n) is 5.80. The van der Waals surface area contributed by atoms with E-state index in [1.54, 1.807) is 24.3 Å². The highest BCUT2D eigenvalue weighted by molar-refractivity contribution is 7.99. The Balaban J connectivity index is 1.68. The van der Waals surface area contributed by atoms with E-state index in [1.165, 1.54) is 11.8 Å². The Bertz CT molecular complexity index is 906. The fraction of sp³-hybridized carbons (Fsp3) is 0.211. The van der Waals surface area contributed by atoms with Crippen LogP contribution in [0.3, 0.4) is 0 Å². The topological polar surface area (TPSA) is 80.0 Å². The second-order valence-corrected chi connectivity index (χ2v) is 6.75. The molecule has 0 fully saturated rings. The molecule has 1 amide bonds. The van der Waals surface area contributed by atoms with Crippen molar-refractivity contribution in [2.45, 2.75) is 25.5 Å². The van der Waals surface area contributed by atoms with Crippen molar-refractivity contribution in [3.63, 3.8) is 0 Å². The van der Waals surface area contributed by atoms with Gasteiger partial charge in [0.25, 0.3) is 0 Å². The van der Waals surface area contributed by atoms with E-state index >= 15 is 0 Å². The van der Waals surface area contributed by atoms with Crippen LogP contribution < -0.4 is 5.32 Å². The van der Waals surface area contributed by atoms with E-state index in [1.807, 2.05) is 42.7 Å². The van der Waals surface area contributed by atoms with Gasteiger partial charge in [0.2, 0.25) is 5.91 Å². The predicted octanol–water partition coefficient (Wildman–Crippen LogP) is 3.71. The summed E-state index contributed by atoms with van der Waals surface area (Å²) in [7, 11) is 0. The van der Waals surface area contributed by atoms with Crippen LogP contribution in [0.4, 0.5) is 5.69 Å². The van der Waals surface area contributed by atoms with Crippen LogP contribution >= 0.6 is 11.8 Å². The second kappa shape index (κ2) is 8.05. The molecule has 134 valence electrons. The van der Waals surface area contributed by atoms with Gasteiger partial charge in [0.05, 0.1) is 5.75 Å². The zero-order valence-corrected chi connectivity index (χ0v) is 15.5. The maximum Gasteiger partial charge on any atom is 0.234 e. The van der Waals surface area contributed by atoms with Crippen LogP contribution in [0.1, 0.15) is 12.5 Å². The van der Waals surface area contributed by atoms with Gasteiger partial charge in [-0.05, 0) is 55.8 Å². The number of nitrogens with one attached hydrogen (secondary N) is 1. The monoisotopic (exact) mass is 368 g/mol. The molecule has 26 heavy (non-hydrogen) atoms. The van der Waals surface area contributed by atoms with Gasteiger partial charge in [0.1, 0.15) is 5.75 Å². The maximum absolute atomic E-state index is 12.2. The van der Waals surface area contributed by atoms with Crippen LogP contribution in [0.2, 0.25) is 0 Å². The SMILES string of the molecule is CCn1c(SCC(=O)Nc2cccc(C)c2)nnc1-c1ccc(O)cc1. The van der Waals surface area contributed by atoms with E-state index in [4.69, 9.17) is 0 Å². The Kier molecular flexibility index (Phi) is 5.58. The number of benzene rings is 2. The molecule has 0 aliphatic heterocycles. The molecule has 0 radical (unpaired) electrons. The van der Waals surface area contributed by atoms with E-state index in [0.717, 1.165) is 16.8 Å². The summed E-state index contributed by atoms with van der Waals surface area (Å²) >= 11 is 1.35. The van der Waals surface area contributed by atoms with Crippen LogP contribution in [0, 0.1) is 6.92 Å². The molecule has 7 heteroatoms. The number of phenols is 1. The van der Waals surface area contributed by atoms with E-state index in [0.29, 0.717) is 17.5 Å². The summed E-state index contributed by atoms with van der Waals surface area (Å²) < 4.78 is 1.96. The fourth-order valence-electron chi connectivity index (χ4n) is 2.55. The van der Waals surface area contributed by atoms with Gasteiger partial charge in [0.15, 0.2) is 11.0 Å². The number of amides is 1. The van der Waals surface area contributed by atoms with Crippen molar-refractivity contribution >= 4 is 23.4 Å². The van der Waals surface area contributed by atoms with Crippen molar-refractivity contribution in [3.05, 3.63) is 54.1 Å². The minimum absolute atomic E-state index is 0.0857. The number of aryl methyl sites for hydroxylation is 1. The van der Waals surface area contributed by atoms with Crippen molar-refractivity contribution in [1.82, 2.24) is 14.8 Å². The standard InChI is InChI=1S/C19H20N4O2S/c1-3-23-18(14-7-9-16(24)10-8-14)21-22-19(23)26-12-17(25)20-15-6-4-5-13(2)11-15/h4-11,24H,3,12H2,1-2H3,(H,20,25). The highest BCUT2D eigenvalue weighted by Crippen LogP contribution is 2.25. The number of hydrogen-bond acceptors (Lipinski definition) is 5. The van der Waals surface area contributed by atoms with Gasteiger partial charge in [0, 0.05) is 17.8 Å². The van der Waals surface area contributed by atoms with Crippen molar-refractivity contribution < 1.29 is 9.90 Å². The third kappa shape index (κ3) is 4.23. The summed E-state index contributed by atoms with van der Waals surface area (Å²) in [6.45, 7) is 4.67. The third-order valence-electron chi connectivity index (χ3n) is 3.79. The van der Waals surface area contributed by atoms with Gasteiger partial charge in [-0.25, -0.2) is 0 Å². The van der Waals surface area contributed by atoms with Gasteiger partial charge < -0.3 is 15.0 Å². The molecule has 0 unspecified atom stereocenters. The highest BCUT2D eigenvalue weighted by Gasteiger charge is 2.14. The van der Waals surface area contributed by atoms with E-state index in [-0.39, 0.29) is 17.4 Å². The first-order valence-electron chi connectivity index (χ1n) is 8.28. The lowest BCUT2D eigenvalue weighted by atomic mass is 10.2. The van der Waals surface area contributed by atoms with Crippen molar-refractivity contribution in [2.75, 3.05) is 11.1 Å². The molecule has 0 saturated carbocycles. The van der Waals surface area contributed by atoms with Crippen molar-refractivity contribution in [2.24, 2.45) is 0 Å². The predicted molar refractivity (Wildman–Crippen MR) is 103 cm³/mol. The number of rotatable bonds is 6. The average molecular weight is 368 g/mol. The largest absolute Gasteiger partial charge is 0.508 e. The lowest BCUT2D eigenvalue weighted by Crippen LogP contribution is -2.14. The number of thioether (sulfide) groups is 1. The Hall–Kier alpha value is -2.80. The summed E-state index contributed by atoms with van der Waals surface area (Å²) in [4.78, 5) is 12.2. The molecule has 6 nitrogen and oxygen atoms in total. The molecule has 0 saturated heterocycles. The summed E-state index contributed by atoms with van der Waals surface area (Å²) in [5, 5.41) is 21.5. The van der Waals surface area contributed by atoms with E-state index in [2.05, 4.69) is 15.5 Å². The number of carbonyl (C=O) groups excluding carboxylic acids is 1. The molecule has 0 spiro atoms. The highest BCUT2D eigenvalue weighted by atomic mass is 32.2. The van der Waals surface area contributed by atoms with Crippen LogP contribution in [0.5, 0.6) is 5.75 Å². The smallest absolute Gasteiger partial charge is 0.234 e. The molecular formula is C19H20N4O2S. The van der Waals surface area contributed by atoms with Gasteiger partial charge in [-0.3, -0.25) is 4.79 Å². The average Bonchev–Trinajstić information content (AvgIpc) is 3.03. The van der Waals surface area contributed by atoms with Crippen molar-refractivity contribution in [1.29, 1.82) is 0 Å². The molecule has 0 aliphatic rings. The summed E-state index contributed by atoms with van der Waals surface area (Å²) in [6, 6.07) is 14.5. The molecule has 3 rings (SSSR count). The molecule has 2 N–H and O–H groups in total. The van der Waals surface area contributed by atoms with Crippen LogP contribution in [0.25, 0.3) is 11.4 Å². The van der Waals surface area contributed by atoms with Gasteiger partial charge in [-0.1, -0.05) is 23.9 Å². The number of carbonyl (C=O) groups is 1. The Morgan fingerprint density at radius 1 is 1.19 bits per heavy atom. The minimum atomic E-state index is -0.0857. The molecule has 0 bridgehead atoms. The van der Waals surface area contributed by atoms with Crippen LogP contribution in [0.15, 0.2) is 53.7 Å². The Labute approximate surface area is 156 Å². The molecule has 2 aromatic carbocycles. The zero-order chi connectivity index (χ0) is 18.5. The van der Waals surface area contributed by atoms with Crippen LogP contribution in [-0.2, 0) is 11.3 Å². The van der Waals surface area contributed by atoms with E-state index in [9.17, 15) is 9.90 Å². The fourth-order valence-corrected chi connectivity index (χ4v) is 3.36. The number of nitrogens with zero attached hydrogens (tertiary/aromatic N) is 3. The Morgan fingerprint density at radius 2 is 1.96 bits per heavy atom. The first kappa shape index (κ1) is 18.0. The van der Waals surface area contributed by atoms with E-state index < -0.39 is 0 Å². The first-order chi connectivity index (χ1) is 12.6. The number of phenolic OH excluding ortho intramolecular Hbond substituents is 1. The van der Waals surface area contributed by atoms with Crippen LogP contribution in [-0.4, -0.2) is 31.5 Å². The quantitative estimate of drug-likeness (QED) is 0.648.